The Labute approximate surface area is 96.7 Å². The molecular weight excluding hydrogens is 206 g/mol. The van der Waals surface area contributed by atoms with Crippen LogP contribution in [0.25, 0.3) is 0 Å². The Morgan fingerprint density at radius 1 is 1.33 bits per heavy atom. The predicted molar refractivity (Wildman–Crippen MR) is 67.6 cm³/mol. The minimum atomic E-state index is -0.565. The van der Waals surface area contributed by atoms with Crippen LogP contribution in [0.1, 0.15) is 46.0 Å². The van der Waals surface area contributed by atoms with Gasteiger partial charge in [0.1, 0.15) is 0 Å². The van der Waals surface area contributed by atoms with Crippen LogP contribution >= 0.6 is 0 Å². The van der Waals surface area contributed by atoms with E-state index in [0.29, 0.717) is 6.04 Å². The molecule has 15 heavy (non-hydrogen) atoms. The molecule has 0 aromatic rings. The zero-order valence-corrected chi connectivity index (χ0v) is 10.9. The molecule has 1 aliphatic rings. The molecule has 1 aliphatic carbocycles. The van der Waals surface area contributed by atoms with Gasteiger partial charge in [0, 0.05) is 28.3 Å². The second-order valence-electron chi connectivity index (χ2n) is 4.92. The van der Waals surface area contributed by atoms with Crippen LogP contribution in [0.15, 0.2) is 0 Å². The van der Waals surface area contributed by atoms with E-state index in [1.54, 1.807) is 0 Å². The number of rotatable bonds is 7. The molecule has 1 atom stereocenters. The van der Waals surface area contributed by atoms with Gasteiger partial charge in [-0.2, -0.15) is 0 Å². The molecule has 0 radical (unpaired) electrons. The summed E-state index contributed by atoms with van der Waals surface area (Å²) in [6.07, 6.45) is 6.40. The molecule has 0 bridgehead atoms. The lowest BCUT2D eigenvalue weighted by molar-refractivity contribution is 0.579. The largest absolute Gasteiger partial charge is 0.315 e. The van der Waals surface area contributed by atoms with E-state index in [0.717, 1.165) is 30.4 Å². The van der Waals surface area contributed by atoms with Crippen molar-refractivity contribution in [3.05, 3.63) is 0 Å². The molecule has 0 aliphatic heterocycles. The number of hydrogen-bond acceptors (Lipinski definition) is 2. The fourth-order valence-corrected chi connectivity index (χ4v) is 3.64. The lowest BCUT2D eigenvalue weighted by atomic mass is 10.1. The Morgan fingerprint density at radius 2 is 2.00 bits per heavy atom. The second-order valence-corrected chi connectivity index (χ2v) is 6.54. The minimum absolute atomic E-state index is 0.549. The predicted octanol–water partition coefficient (Wildman–Crippen LogP) is 2.31. The van der Waals surface area contributed by atoms with Crippen LogP contribution in [0.5, 0.6) is 0 Å². The Balaban J connectivity index is 1.98. The number of nitrogens with one attached hydrogen (secondary N) is 1. The molecule has 0 heterocycles. The van der Waals surface area contributed by atoms with Crippen molar-refractivity contribution in [2.75, 3.05) is 18.1 Å². The molecule has 3 heteroatoms. The van der Waals surface area contributed by atoms with Crippen molar-refractivity contribution in [2.24, 2.45) is 5.92 Å². The Kier molecular flexibility index (Phi) is 6.50. The lowest BCUT2D eigenvalue weighted by Crippen LogP contribution is -2.25. The van der Waals surface area contributed by atoms with Gasteiger partial charge in [0.25, 0.3) is 0 Å². The zero-order chi connectivity index (χ0) is 11.1. The molecule has 0 saturated heterocycles. The van der Waals surface area contributed by atoms with E-state index < -0.39 is 10.8 Å². The van der Waals surface area contributed by atoms with Gasteiger partial charge in [0.2, 0.25) is 0 Å². The van der Waals surface area contributed by atoms with E-state index in [-0.39, 0.29) is 0 Å². The Bertz CT molecular complexity index is 188. The van der Waals surface area contributed by atoms with E-state index in [1.807, 2.05) is 0 Å². The van der Waals surface area contributed by atoms with Crippen molar-refractivity contribution in [1.82, 2.24) is 5.32 Å². The summed E-state index contributed by atoms with van der Waals surface area (Å²) < 4.78 is 11.7. The summed E-state index contributed by atoms with van der Waals surface area (Å²) in [6.45, 7) is 5.30. The van der Waals surface area contributed by atoms with Gasteiger partial charge in [-0.3, -0.25) is 4.21 Å². The molecule has 1 saturated carbocycles. The maximum Gasteiger partial charge on any atom is 0.0263 e. The van der Waals surface area contributed by atoms with Gasteiger partial charge in [-0.15, -0.1) is 0 Å². The maximum atomic E-state index is 11.7. The van der Waals surface area contributed by atoms with E-state index in [9.17, 15) is 4.21 Å². The van der Waals surface area contributed by atoms with Crippen LogP contribution in [0.3, 0.4) is 0 Å². The van der Waals surface area contributed by atoms with Gasteiger partial charge in [-0.1, -0.05) is 26.7 Å². The summed E-state index contributed by atoms with van der Waals surface area (Å²) in [5.74, 6) is 2.61. The van der Waals surface area contributed by atoms with E-state index in [2.05, 4.69) is 19.2 Å². The van der Waals surface area contributed by atoms with Gasteiger partial charge < -0.3 is 5.32 Å². The van der Waals surface area contributed by atoms with Crippen molar-refractivity contribution in [3.8, 4) is 0 Å². The van der Waals surface area contributed by atoms with Crippen molar-refractivity contribution in [3.63, 3.8) is 0 Å². The van der Waals surface area contributed by atoms with Gasteiger partial charge in [-0.05, 0) is 31.7 Å². The fourth-order valence-electron chi connectivity index (χ4n) is 2.15. The van der Waals surface area contributed by atoms with E-state index >= 15 is 0 Å². The summed E-state index contributed by atoms with van der Waals surface area (Å²) in [6, 6.07) is 0.549. The maximum absolute atomic E-state index is 11.7. The molecule has 1 fully saturated rings. The number of hydrogen-bond donors (Lipinski definition) is 1. The average molecular weight is 231 g/mol. The van der Waals surface area contributed by atoms with Crippen molar-refractivity contribution >= 4 is 10.8 Å². The molecule has 0 spiro atoms. The first-order valence-electron chi connectivity index (χ1n) is 6.27. The van der Waals surface area contributed by atoms with Crippen LogP contribution in [-0.4, -0.2) is 28.3 Å². The molecule has 90 valence electrons. The molecule has 0 aromatic carbocycles. The van der Waals surface area contributed by atoms with Gasteiger partial charge in [-0.25, -0.2) is 0 Å². The molecule has 0 amide bonds. The fraction of sp³-hybridized carbons (Fsp3) is 1.00. The molecule has 1 unspecified atom stereocenters. The summed E-state index contributed by atoms with van der Waals surface area (Å²) in [4.78, 5) is 0. The molecule has 2 nitrogen and oxygen atoms in total. The van der Waals surface area contributed by atoms with Crippen molar-refractivity contribution < 1.29 is 4.21 Å². The second kappa shape index (κ2) is 7.39. The molecule has 0 aromatic heterocycles. The first-order chi connectivity index (χ1) is 7.18. The first kappa shape index (κ1) is 13.2. The standard InChI is InChI=1S/C12H25NOS/c1-11(2)13-8-5-9-15(14)10-12-6-3-4-7-12/h11-13H,3-10H2,1-2H3. The Morgan fingerprint density at radius 3 is 2.60 bits per heavy atom. The van der Waals surface area contributed by atoms with Crippen LogP contribution in [0.2, 0.25) is 0 Å². The van der Waals surface area contributed by atoms with Crippen LogP contribution in [0, 0.1) is 5.92 Å². The van der Waals surface area contributed by atoms with Gasteiger partial charge >= 0.3 is 0 Å². The summed E-state index contributed by atoms with van der Waals surface area (Å²) in [5.41, 5.74) is 0. The smallest absolute Gasteiger partial charge is 0.0263 e. The average Bonchev–Trinajstić information content (AvgIpc) is 2.64. The summed E-state index contributed by atoms with van der Waals surface area (Å²) in [5, 5.41) is 3.36. The third-order valence-corrected chi connectivity index (χ3v) is 4.58. The van der Waals surface area contributed by atoms with Crippen molar-refractivity contribution in [2.45, 2.75) is 52.0 Å². The summed E-state index contributed by atoms with van der Waals surface area (Å²) in [7, 11) is -0.565. The molecule has 1 N–H and O–H groups in total. The Hall–Kier alpha value is 0.110. The SMILES string of the molecule is CC(C)NCCCS(=O)CC1CCCC1. The van der Waals surface area contributed by atoms with E-state index in [4.69, 9.17) is 0 Å². The quantitative estimate of drug-likeness (QED) is 0.681. The normalized spacial score (nSPS) is 19.9. The van der Waals surface area contributed by atoms with Gasteiger partial charge in [0.05, 0.1) is 0 Å². The summed E-state index contributed by atoms with van der Waals surface area (Å²) >= 11 is 0. The highest BCUT2D eigenvalue weighted by molar-refractivity contribution is 7.84. The van der Waals surface area contributed by atoms with Gasteiger partial charge in [0.15, 0.2) is 0 Å². The monoisotopic (exact) mass is 231 g/mol. The zero-order valence-electron chi connectivity index (χ0n) is 10.1. The van der Waals surface area contributed by atoms with Crippen LogP contribution in [0.4, 0.5) is 0 Å². The highest BCUT2D eigenvalue weighted by atomic mass is 32.2. The molecular formula is C12H25NOS. The minimum Gasteiger partial charge on any atom is -0.315 e. The third kappa shape index (κ3) is 6.31. The first-order valence-corrected chi connectivity index (χ1v) is 7.75. The topological polar surface area (TPSA) is 29.1 Å². The van der Waals surface area contributed by atoms with Crippen LogP contribution < -0.4 is 5.32 Å². The molecule has 1 rings (SSSR count). The van der Waals surface area contributed by atoms with Crippen LogP contribution in [-0.2, 0) is 10.8 Å². The van der Waals surface area contributed by atoms with Crippen molar-refractivity contribution in [1.29, 1.82) is 0 Å². The third-order valence-electron chi connectivity index (χ3n) is 3.00. The highest BCUT2D eigenvalue weighted by Crippen LogP contribution is 2.25. The lowest BCUT2D eigenvalue weighted by Gasteiger charge is -2.10. The highest BCUT2D eigenvalue weighted by Gasteiger charge is 2.17. The van der Waals surface area contributed by atoms with E-state index in [1.165, 1.54) is 25.7 Å².